The van der Waals surface area contributed by atoms with E-state index in [2.05, 4.69) is 89.6 Å². The van der Waals surface area contributed by atoms with Gasteiger partial charge in [-0.15, -0.1) is 0 Å². The van der Waals surface area contributed by atoms with Crippen molar-refractivity contribution in [1.82, 2.24) is 10.2 Å². The molecule has 0 unspecified atom stereocenters. The average molecular weight is 410 g/mol. The third-order valence-corrected chi connectivity index (χ3v) is 6.54. The second kappa shape index (κ2) is 8.38. The first-order chi connectivity index (χ1) is 15.3. The summed E-state index contributed by atoms with van der Waals surface area (Å²) in [5, 5.41) is 12.5. The number of aromatic amines is 1. The van der Waals surface area contributed by atoms with Crippen molar-refractivity contribution < 1.29 is 4.84 Å². The molecule has 0 aliphatic heterocycles. The molecule has 1 saturated carbocycles. The number of nitrogens with one attached hydrogen (secondary N) is 1. The number of nitrogens with zero attached hydrogens (tertiary/aromatic N) is 2. The maximum absolute atomic E-state index is 5.49. The summed E-state index contributed by atoms with van der Waals surface area (Å²) in [7, 11) is 0. The fourth-order valence-electron chi connectivity index (χ4n) is 4.65. The Morgan fingerprint density at radius 1 is 1.10 bits per heavy atom. The van der Waals surface area contributed by atoms with E-state index in [1.54, 1.807) is 6.08 Å². The summed E-state index contributed by atoms with van der Waals surface area (Å²) in [4.78, 5) is 5.49. The monoisotopic (exact) mass is 409 g/mol. The Labute approximate surface area is 183 Å². The highest BCUT2D eigenvalue weighted by Crippen LogP contribution is 2.42. The lowest BCUT2D eigenvalue weighted by Gasteiger charge is -2.34. The lowest BCUT2D eigenvalue weighted by atomic mass is 9.68. The highest BCUT2D eigenvalue weighted by atomic mass is 16.6. The average Bonchev–Trinajstić information content (AvgIpc) is 3.21. The van der Waals surface area contributed by atoms with Gasteiger partial charge in [-0.05, 0) is 24.0 Å². The number of hydrogen-bond donors (Lipinski definition) is 1. The summed E-state index contributed by atoms with van der Waals surface area (Å²) in [6.45, 7) is 4.12. The molecule has 5 rings (SSSR count). The molecule has 2 aliphatic carbocycles. The van der Waals surface area contributed by atoms with Crippen molar-refractivity contribution in [2.75, 3.05) is 6.61 Å². The minimum Gasteiger partial charge on any atom is -0.391 e. The second-order valence-electron chi connectivity index (χ2n) is 8.37. The molecule has 1 heterocycles. The van der Waals surface area contributed by atoms with Crippen molar-refractivity contribution in [3.05, 3.63) is 107 Å². The molecule has 156 valence electrons. The highest BCUT2D eigenvalue weighted by Gasteiger charge is 2.38. The minimum atomic E-state index is -0.230. The molecule has 0 bridgehead atoms. The first-order valence-corrected chi connectivity index (χ1v) is 11.0. The maximum atomic E-state index is 5.49. The first-order valence-electron chi connectivity index (χ1n) is 11.0. The van der Waals surface area contributed by atoms with Crippen molar-refractivity contribution >= 4 is 11.8 Å². The Morgan fingerprint density at radius 2 is 1.77 bits per heavy atom. The van der Waals surface area contributed by atoms with Gasteiger partial charge >= 0.3 is 0 Å². The summed E-state index contributed by atoms with van der Waals surface area (Å²) in [6.07, 6.45) is 10.6. The van der Waals surface area contributed by atoms with E-state index in [0.29, 0.717) is 12.5 Å². The molecular formula is C27H27N3O. The molecule has 0 radical (unpaired) electrons. The Balaban J connectivity index is 1.57. The van der Waals surface area contributed by atoms with Crippen molar-refractivity contribution in [3.63, 3.8) is 0 Å². The lowest BCUT2D eigenvalue weighted by molar-refractivity contribution is 0.171. The molecule has 1 aromatic heterocycles. The van der Waals surface area contributed by atoms with Gasteiger partial charge in [-0.3, -0.25) is 5.10 Å². The SMILES string of the molecule is C=CCON=C(c1n[nH]c2c1C=CC(c1ccccc1)(c1ccccc1)C2)C1CCC1. The Hall–Kier alpha value is -3.40. The molecule has 0 spiro atoms. The highest BCUT2D eigenvalue weighted by molar-refractivity contribution is 6.04. The van der Waals surface area contributed by atoms with E-state index in [-0.39, 0.29) is 5.41 Å². The Kier molecular flexibility index (Phi) is 5.29. The Morgan fingerprint density at radius 3 is 2.35 bits per heavy atom. The van der Waals surface area contributed by atoms with Crippen LogP contribution < -0.4 is 0 Å². The maximum Gasteiger partial charge on any atom is 0.135 e. The number of H-pyrrole nitrogens is 1. The molecule has 4 nitrogen and oxygen atoms in total. The number of allylic oxidation sites excluding steroid dienone is 1. The normalized spacial score (nSPS) is 17.6. The van der Waals surface area contributed by atoms with Gasteiger partial charge in [0.2, 0.25) is 0 Å². The fraction of sp³-hybridized carbons (Fsp3) is 0.259. The predicted octanol–water partition coefficient (Wildman–Crippen LogP) is 5.67. The zero-order chi connectivity index (χ0) is 21.1. The van der Waals surface area contributed by atoms with Gasteiger partial charge in [-0.1, -0.05) is 97.0 Å². The number of fused-ring (bicyclic) bond motifs is 1. The number of hydrogen-bond acceptors (Lipinski definition) is 3. The van der Waals surface area contributed by atoms with E-state index in [1.165, 1.54) is 17.5 Å². The van der Waals surface area contributed by atoms with Crippen LogP contribution in [0.5, 0.6) is 0 Å². The number of rotatable bonds is 7. The largest absolute Gasteiger partial charge is 0.391 e. The standard InChI is InChI=1S/C27H27N3O/c1-2-18-31-30-25(20-10-9-11-20)26-23-16-17-27(19-24(23)28-29-26,21-12-5-3-6-13-21)22-14-7-4-8-15-22/h2-8,12-17,20H,1,9-11,18-19H2,(H,28,29). The van der Waals surface area contributed by atoms with Crippen LogP contribution in [0.3, 0.4) is 0 Å². The van der Waals surface area contributed by atoms with Crippen LogP contribution >= 0.6 is 0 Å². The summed E-state index contributed by atoms with van der Waals surface area (Å²) in [6, 6.07) is 21.4. The molecule has 31 heavy (non-hydrogen) atoms. The second-order valence-corrected chi connectivity index (χ2v) is 8.37. The van der Waals surface area contributed by atoms with E-state index >= 15 is 0 Å². The van der Waals surface area contributed by atoms with Gasteiger partial charge in [0, 0.05) is 29.0 Å². The van der Waals surface area contributed by atoms with Crippen molar-refractivity contribution in [1.29, 1.82) is 0 Å². The van der Waals surface area contributed by atoms with Crippen LogP contribution in [0.25, 0.3) is 6.08 Å². The van der Waals surface area contributed by atoms with E-state index in [9.17, 15) is 0 Å². The third-order valence-electron chi connectivity index (χ3n) is 6.54. The van der Waals surface area contributed by atoms with Crippen LogP contribution in [0.2, 0.25) is 0 Å². The predicted molar refractivity (Wildman–Crippen MR) is 125 cm³/mol. The first kappa shape index (κ1) is 19.6. The van der Waals surface area contributed by atoms with Gasteiger partial charge in [0.15, 0.2) is 0 Å². The van der Waals surface area contributed by atoms with Crippen LogP contribution in [-0.4, -0.2) is 22.5 Å². The van der Waals surface area contributed by atoms with Gasteiger partial charge in [0.1, 0.15) is 18.0 Å². The van der Waals surface area contributed by atoms with Crippen molar-refractivity contribution in [3.8, 4) is 0 Å². The lowest BCUT2D eigenvalue weighted by Crippen LogP contribution is -2.31. The molecule has 4 heteroatoms. The quantitative estimate of drug-likeness (QED) is 0.236. The molecule has 0 atom stereocenters. The summed E-state index contributed by atoms with van der Waals surface area (Å²) in [5.41, 5.74) is 6.49. The number of aromatic nitrogens is 2. The van der Waals surface area contributed by atoms with E-state index < -0.39 is 0 Å². The zero-order valence-electron chi connectivity index (χ0n) is 17.6. The number of oxime groups is 1. The molecule has 1 fully saturated rings. The summed E-state index contributed by atoms with van der Waals surface area (Å²) < 4.78 is 0. The molecule has 2 aliphatic rings. The minimum absolute atomic E-state index is 0.230. The van der Waals surface area contributed by atoms with Crippen molar-refractivity contribution in [2.45, 2.75) is 31.1 Å². The van der Waals surface area contributed by atoms with Crippen molar-refractivity contribution in [2.24, 2.45) is 11.1 Å². The van der Waals surface area contributed by atoms with E-state index in [0.717, 1.165) is 41.9 Å². The van der Waals surface area contributed by atoms with Crippen LogP contribution in [0.1, 0.15) is 47.3 Å². The van der Waals surface area contributed by atoms with Crippen LogP contribution in [0, 0.1) is 5.92 Å². The third kappa shape index (κ3) is 3.52. The molecule has 3 aromatic rings. The van der Waals surface area contributed by atoms with Gasteiger partial charge in [-0.2, -0.15) is 5.10 Å². The molecule has 0 saturated heterocycles. The van der Waals surface area contributed by atoms with Crippen LogP contribution in [0.15, 0.2) is 84.6 Å². The van der Waals surface area contributed by atoms with Crippen LogP contribution in [-0.2, 0) is 16.7 Å². The topological polar surface area (TPSA) is 50.3 Å². The van der Waals surface area contributed by atoms with Gasteiger partial charge in [0.25, 0.3) is 0 Å². The van der Waals surface area contributed by atoms with Crippen LogP contribution in [0.4, 0.5) is 0 Å². The zero-order valence-corrected chi connectivity index (χ0v) is 17.6. The van der Waals surface area contributed by atoms with E-state index in [1.807, 2.05) is 0 Å². The fourth-order valence-corrected chi connectivity index (χ4v) is 4.65. The smallest absolute Gasteiger partial charge is 0.135 e. The summed E-state index contributed by atoms with van der Waals surface area (Å²) in [5.74, 6) is 0.417. The van der Waals surface area contributed by atoms with Gasteiger partial charge in [0.05, 0.1) is 0 Å². The molecule has 1 N–H and O–H groups in total. The molecule has 2 aromatic carbocycles. The molecule has 0 amide bonds. The van der Waals surface area contributed by atoms with Gasteiger partial charge < -0.3 is 4.84 Å². The van der Waals surface area contributed by atoms with Gasteiger partial charge in [-0.25, -0.2) is 0 Å². The summed E-state index contributed by atoms with van der Waals surface area (Å²) >= 11 is 0. The number of benzene rings is 2. The van der Waals surface area contributed by atoms with E-state index in [4.69, 9.17) is 9.94 Å². The molecular weight excluding hydrogens is 382 g/mol. The Bertz CT molecular complexity index is 1070.